The normalized spacial score (nSPS) is 13.9. The van der Waals surface area contributed by atoms with Gasteiger partial charge in [0.05, 0.1) is 0 Å². The van der Waals surface area contributed by atoms with Crippen LogP contribution in [0.5, 0.6) is 0 Å². The second kappa shape index (κ2) is 12.5. The molecule has 1 atom stereocenters. The summed E-state index contributed by atoms with van der Waals surface area (Å²) >= 11 is 0. The number of likely N-dealkylation sites (N-methyl/N-ethyl adjacent to an activating group) is 2. The highest BCUT2D eigenvalue weighted by Crippen LogP contribution is 2.29. The second-order valence-corrected chi connectivity index (χ2v) is 6.73. The van der Waals surface area contributed by atoms with Gasteiger partial charge >= 0.3 is 0 Å². The van der Waals surface area contributed by atoms with E-state index in [1.807, 2.05) is 0 Å². The third kappa shape index (κ3) is 7.15. The van der Waals surface area contributed by atoms with E-state index < -0.39 is 0 Å². The van der Waals surface area contributed by atoms with E-state index in [0.29, 0.717) is 11.6 Å². The lowest BCUT2D eigenvalue weighted by atomic mass is 9.80. The van der Waals surface area contributed by atoms with E-state index in [4.69, 9.17) is 0 Å². The molecule has 0 fully saturated rings. The molecule has 1 unspecified atom stereocenters. The summed E-state index contributed by atoms with van der Waals surface area (Å²) in [4.78, 5) is 2.46. The van der Waals surface area contributed by atoms with Crippen molar-refractivity contribution < 1.29 is 0 Å². The summed E-state index contributed by atoms with van der Waals surface area (Å²) in [6, 6.07) is 0.628. The zero-order chi connectivity index (χ0) is 16.1. The molecule has 0 saturated heterocycles. The Labute approximate surface area is 135 Å². The summed E-state index contributed by atoms with van der Waals surface area (Å²) in [5, 5.41) is 3.78. The van der Waals surface area contributed by atoms with E-state index in [2.05, 4.69) is 52.0 Å². The van der Waals surface area contributed by atoms with Gasteiger partial charge in [0, 0.05) is 11.6 Å². The van der Waals surface area contributed by atoms with Crippen molar-refractivity contribution in [1.82, 2.24) is 10.2 Å². The third-order valence-corrected chi connectivity index (χ3v) is 5.31. The molecule has 0 radical (unpaired) electrons. The minimum atomic E-state index is 0.318. The molecule has 0 aromatic carbocycles. The standard InChI is InChI=1S/C19H42N2/c1-7-11-12-13-14-15-16-17-18(20-10-4)19(8-2,9-3)21(5)6/h18,20H,7-17H2,1-6H3. The van der Waals surface area contributed by atoms with Crippen LogP contribution in [0.1, 0.15) is 91.9 Å². The fourth-order valence-electron chi connectivity index (χ4n) is 3.80. The van der Waals surface area contributed by atoms with Gasteiger partial charge in [-0.25, -0.2) is 0 Å². The first kappa shape index (κ1) is 20.9. The number of hydrogen-bond acceptors (Lipinski definition) is 2. The van der Waals surface area contributed by atoms with E-state index >= 15 is 0 Å². The van der Waals surface area contributed by atoms with Gasteiger partial charge < -0.3 is 10.2 Å². The topological polar surface area (TPSA) is 15.3 Å². The molecule has 2 nitrogen and oxygen atoms in total. The van der Waals surface area contributed by atoms with Crippen molar-refractivity contribution in [3.63, 3.8) is 0 Å². The van der Waals surface area contributed by atoms with Crippen molar-refractivity contribution in [2.24, 2.45) is 0 Å². The highest BCUT2D eigenvalue weighted by molar-refractivity contribution is 4.96. The van der Waals surface area contributed by atoms with Crippen molar-refractivity contribution in [3.05, 3.63) is 0 Å². The van der Waals surface area contributed by atoms with Gasteiger partial charge in [-0.2, -0.15) is 0 Å². The van der Waals surface area contributed by atoms with Crippen LogP contribution in [0.3, 0.4) is 0 Å². The summed E-state index contributed by atoms with van der Waals surface area (Å²) in [5.41, 5.74) is 0.318. The fraction of sp³-hybridized carbons (Fsp3) is 1.00. The van der Waals surface area contributed by atoms with Crippen LogP contribution >= 0.6 is 0 Å². The molecular formula is C19H42N2. The summed E-state index contributed by atoms with van der Waals surface area (Å²) in [7, 11) is 4.50. The lowest BCUT2D eigenvalue weighted by Gasteiger charge is -2.45. The molecule has 0 saturated carbocycles. The predicted molar refractivity (Wildman–Crippen MR) is 97.1 cm³/mol. The zero-order valence-electron chi connectivity index (χ0n) is 15.8. The van der Waals surface area contributed by atoms with Crippen molar-refractivity contribution in [2.45, 2.75) is 103 Å². The largest absolute Gasteiger partial charge is 0.312 e. The maximum absolute atomic E-state index is 3.78. The molecule has 0 rings (SSSR count). The molecule has 0 heterocycles. The average Bonchev–Trinajstić information content (AvgIpc) is 2.47. The molecule has 1 N–H and O–H groups in total. The Bertz CT molecular complexity index is 222. The van der Waals surface area contributed by atoms with Crippen LogP contribution in [-0.2, 0) is 0 Å². The van der Waals surface area contributed by atoms with Gasteiger partial charge in [-0.15, -0.1) is 0 Å². The van der Waals surface area contributed by atoms with Crippen molar-refractivity contribution in [3.8, 4) is 0 Å². The number of nitrogens with zero attached hydrogens (tertiary/aromatic N) is 1. The maximum atomic E-state index is 3.78. The van der Waals surface area contributed by atoms with Gasteiger partial charge in [-0.05, 0) is 39.9 Å². The number of rotatable bonds is 14. The second-order valence-electron chi connectivity index (χ2n) is 6.73. The molecule has 0 aliphatic rings. The molecular weight excluding hydrogens is 256 g/mol. The predicted octanol–water partition coefficient (Wildman–Crippen LogP) is 5.23. The lowest BCUT2D eigenvalue weighted by molar-refractivity contribution is 0.0835. The summed E-state index contributed by atoms with van der Waals surface area (Å²) < 4.78 is 0. The molecule has 0 aromatic heterocycles. The van der Waals surface area contributed by atoms with Gasteiger partial charge in [0.15, 0.2) is 0 Å². The van der Waals surface area contributed by atoms with Gasteiger partial charge in [-0.1, -0.05) is 72.6 Å². The first-order chi connectivity index (χ1) is 10.1. The van der Waals surface area contributed by atoms with Crippen LogP contribution < -0.4 is 5.32 Å². The Morgan fingerprint density at radius 2 is 1.33 bits per heavy atom. The fourth-order valence-corrected chi connectivity index (χ4v) is 3.80. The Hall–Kier alpha value is -0.0800. The number of hydrogen-bond donors (Lipinski definition) is 1. The van der Waals surface area contributed by atoms with E-state index in [0.717, 1.165) is 6.54 Å². The van der Waals surface area contributed by atoms with E-state index in [1.54, 1.807) is 0 Å². The maximum Gasteiger partial charge on any atom is 0.0351 e. The minimum Gasteiger partial charge on any atom is -0.312 e. The van der Waals surface area contributed by atoms with E-state index in [9.17, 15) is 0 Å². The Morgan fingerprint density at radius 1 is 0.810 bits per heavy atom. The molecule has 0 aliphatic carbocycles. The molecule has 2 heteroatoms. The van der Waals surface area contributed by atoms with E-state index in [-0.39, 0.29) is 0 Å². The van der Waals surface area contributed by atoms with Gasteiger partial charge in [0.25, 0.3) is 0 Å². The SMILES string of the molecule is CCCCCCCCCC(NCC)C(CC)(CC)N(C)C. The lowest BCUT2D eigenvalue weighted by Crippen LogP contribution is -2.58. The molecule has 0 aliphatic heterocycles. The summed E-state index contributed by atoms with van der Waals surface area (Å²) in [5.74, 6) is 0. The van der Waals surface area contributed by atoms with Crippen molar-refractivity contribution in [2.75, 3.05) is 20.6 Å². The molecule has 0 spiro atoms. The smallest absolute Gasteiger partial charge is 0.0351 e. The minimum absolute atomic E-state index is 0.318. The zero-order valence-corrected chi connectivity index (χ0v) is 15.8. The van der Waals surface area contributed by atoms with Crippen LogP contribution in [0.2, 0.25) is 0 Å². The van der Waals surface area contributed by atoms with Crippen LogP contribution in [0.25, 0.3) is 0 Å². The van der Waals surface area contributed by atoms with Gasteiger partial charge in [-0.3, -0.25) is 0 Å². The average molecular weight is 299 g/mol. The number of nitrogens with one attached hydrogen (secondary N) is 1. The van der Waals surface area contributed by atoms with Crippen LogP contribution in [0.4, 0.5) is 0 Å². The first-order valence-corrected chi connectivity index (χ1v) is 9.49. The van der Waals surface area contributed by atoms with Gasteiger partial charge in [0.1, 0.15) is 0 Å². The third-order valence-electron chi connectivity index (χ3n) is 5.31. The van der Waals surface area contributed by atoms with Gasteiger partial charge in [0.2, 0.25) is 0 Å². The summed E-state index contributed by atoms with van der Waals surface area (Å²) in [6.45, 7) is 10.3. The molecule has 0 bridgehead atoms. The highest BCUT2D eigenvalue weighted by atomic mass is 15.2. The quantitative estimate of drug-likeness (QED) is 0.442. The van der Waals surface area contributed by atoms with Crippen molar-refractivity contribution >= 4 is 0 Å². The van der Waals surface area contributed by atoms with Crippen LogP contribution in [0.15, 0.2) is 0 Å². The van der Waals surface area contributed by atoms with Crippen LogP contribution in [0, 0.1) is 0 Å². The summed E-state index contributed by atoms with van der Waals surface area (Å²) in [6.07, 6.45) is 13.6. The molecule has 21 heavy (non-hydrogen) atoms. The Morgan fingerprint density at radius 3 is 1.76 bits per heavy atom. The number of unbranched alkanes of at least 4 members (excludes halogenated alkanes) is 6. The van der Waals surface area contributed by atoms with Crippen LogP contribution in [-0.4, -0.2) is 37.1 Å². The van der Waals surface area contributed by atoms with Crippen molar-refractivity contribution in [1.29, 1.82) is 0 Å². The molecule has 0 amide bonds. The molecule has 0 aromatic rings. The first-order valence-electron chi connectivity index (χ1n) is 9.49. The van der Waals surface area contributed by atoms with E-state index in [1.165, 1.54) is 64.2 Å². The monoisotopic (exact) mass is 298 g/mol. The molecule has 128 valence electrons. The Kier molecular flexibility index (Phi) is 12.4. The highest BCUT2D eigenvalue weighted by Gasteiger charge is 2.36. The Balaban J connectivity index is 4.28.